The second kappa shape index (κ2) is 9.45. The molecule has 0 amide bonds. The molecule has 0 bridgehead atoms. The molecule has 1 heterocycles. The van der Waals surface area contributed by atoms with E-state index in [4.69, 9.17) is 0 Å². The van der Waals surface area contributed by atoms with Gasteiger partial charge in [0.25, 0.3) is 0 Å². The summed E-state index contributed by atoms with van der Waals surface area (Å²) in [5.74, 6) is 0.101. The number of phenolic OH excluding ortho intramolecular Hbond substituents is 1. The first kappa shape index (κ1) is 18.5. The molecule has 2 atom stereocenters. The van der Waals surface area contributed by atoms with Crippen LogP contribution in [0, 0.1) is 0 Å². The number of thiophene rings is 1. The molecule has 1 aromatic carbocycles. The minimum Gasteiger partial charge on any atom is -0.508 e. The van der Waals surface area contributed by atoms with E-state index >= 15 is 0 Å². The normalized spacial score (nSPS) is 13.1. The van der Waals surface area contributed by atoms with Gasteiger partial charge >= 0.3 is 0 Å². The molecule has 3 N–H and O–H groups in total. The fraction of sp³-hybridized carbons (Fsp3) is 0.350. The fourth-order valence-electron chi connectivity index (χ4n) is 2.56. The van der Waals surface area contributed by atoms with E-state index in [1.807, 2.05) is 17.5 Å². The molecule has 1 aromatic heterocycles. The zero-order chi connectivity index (χ0) is 17.4. The Kier molecular flexibility index (Phi) is 7.29. The summed E-state index contributed by atoms with van der Waals surface area (Å²) in [6.07, 6.45) is 3.31. The van der Waals surface area contributed by atoms with E-state index in [1.54, 1.807) is 41.7 Å². The SMILES string of the molecule is CCCC(=C=CC[C@@H](O)c1ccccc1O)C[C@@H](O)c1cccs1. The minimum atomic E-state index is -0.760. The monoisotopic (exact) mass is 344 g/mol. The summed E-state index contributed by atoms with van der Waals surface area (Å²) in [7, 11) is 0. The highest BCUT2D eigenvalue weighted by molar-refractivity contribution is 7.10. The quantitative estimate of drug-likeness (QED) is 0.598. The van der Waals surface area contributed by atoms with Crippen LogP contribution in [0.1, 0.15) is 55.3 Å². The smallest absolute Gasteiger partial charge is 0.121 e. The number of aliphatic hydroxyl groups excluding tert-OH is 2. The maximum Gasteiger partial charge on any atom is 0.121 e. The van der Waals surface area contributed by atoms with E-state index in [0.717, 1.165) is 23.3 Å². The first-order valence-electron chi connectivity index (χ1n) is 8.22. The average Bonchev–Trinajstić information content (AvgIpc) is 3.10. The second-order valence-electron chi connectivity index (χ2n) is 5.75. The maximum absolute atomic E-state index is 10.3. The van der Waals surface area contributed by atoms with E-state index in [2.05, 4.69) is 12.7 Å². The van der Waals surface area contributed by atoms with Crippen LogP contribution in [0.25, 0.3) is 0 Å². The lowest BCUT2D eigenvalue weighted by Gasteiger charge is -2.11. The Morgan fingerprint density at radius 3 is 2.62 bits per heavy atom. The standard InChI is InChI=1S/C20H24O3S/c1-2-7-15(14-19(23)20-12-6-13-24-20)8-5-11-18(22)16-9-3-4-10-17(16)21/h3-6,9-10,12-13,18-19,21-23H,2,7,11,14H2,1H3/t8?,18-,19-/m1/s1. The fourth-order valence-corrected chi connectivity index (χ4v) is 3.27. The molecule has 0 radical (unpaired) electrons. The van der Waals surface area contributed by atoms with E-state index in [1.165, 1.54) is 0 Å². The molecule has 0 saturated heterocycles. The number of benzene rings is 1. The van der Waals surface area contributed by atoms with Crippen LogP contribution in [0.15, 0.2) is 59.2 Å². The van der Waals surface area contributed by atoms with Crippen molar-refractivity contribution < 1.29 is 15.3 Å². The van der Waals surface area contributed by atoms with Crippen LogP contribution < -0.4 is 0 Å². The van der Waals surface area contributed by atoms with Gasteiger partial charge in [-0.1, -0.05) is 37.6 Å². The molecule has 0 fully saturated rings. The largest absolute Gasteiger partial charge is 0.508 e. The van der Waals surface area contributed by atoms with Crippen molar-refractivity contribution in [3.05, 3.63) is 69.6 Å². The summed E-state index contributed by atoms with van der Waals surface area (Å²) >= 11 is 1.55. The van der Waals surface area contributed by atoms with Crippen molar-refractivity contribution in [1.29, 1.82) is 0 Å². The Morgan fingerprint density at radius 2 is 1.96 bits per heavy atom. The predicted octanol–water partition coefficient (Wildman–Crippen LogP) is 4.88. The minimum absolute atomic E-state index is 0.101. The number of hydrogen-bond acceptors (Lipinski definition) is 4. The zero-order valence-corrected chi connectivity index (χ0v) is 14.7. The number of hydrogen-bond donors (Lipinski definition) is 3. The molecule has 128 valence electrons. The van der Waals surface area contributed by atoms with Gasteiger partial charge in [0.15, 0.2) is 0 Å². The molecule has 0 aliphatic rings. The molecule has 2 aromatic rings. The van der Waals surface area contributed by atoms with Crippen LogP contribution in [-0.4, -0.2) is 15.3 Å². The summed E-state index contributed by atoms with van der Waals surface area (Å²) in [6.45, 7) is 2.09. The van der Waals surface area contributed by atoms with Crippen molar-refractivity contribution in [3.63, 3.8) is 0 Å². The lowest BCUT2D eigenvalue weighted by atomic mass is 10.0. The lowest BCUT2D eigenvalue weighted by Crippen LogP contribution is -1.97. The van der Waals surface area contributed by atoms with E-state index in [-0.39, 0.29) is 5.75 Å². The number of aromatic hydroxyl groups is 1. The van der Waals surface area contributed by atoms with Crippen LogP contribution in [0.3, 0.4) is 0 Å². The third kappa shape index (κ3) is 5.36. The molecule has 0 spiro atoms. The number of aliphatic hydroxyl groups is 2. The Balaban J connectivity index is 2.03. The highest BCUT2D eigenvalue weighted by Crippen LogP contribution is 2.28. The van der Waals surface area contributed by atoms with Crippen molar-refractivity contribution in [2.75, 3.05) is 0 Å². The van der Waals surface area contributed by atoms with Crippen LogP contribution in [0.4, 0.5) is 0 Å². The van der Waals surface area contributed by atoms with E-state index in [9.17, 15) is 15.3 Å². The van der Waals surface area contributed by atoms with Gasteiger partial charge < -0.3 is 15.3 Å². The van der Waals surface area contributed by atoms with Crippen LogP contribution in [0.5, 0.6) is 5.75 Å². The molecule has 24 heavy (non-hydrogen) atoms. The van der Waals surface area contributed by atoms with Gasteiger partial charge in [0.05, 0.1) is 12.2 Å². The van der Waals surface area contributed by atoms with Crippen molar-refractivity contribution in [1.82, 2.24) is 0 Å². The van der Waals surface area contributed by atoms with Crippen molar-refractivity contribution in [3.8, 4) is 5.75 Å². The van der Waals surface area contributed by atoms with Gasteiger partial charge in [-0.25, -0.2) is 0 Å². The van der Waals surface area contributed by atoms with E-state index in [0.29, 0.717) is 18.4 Å². The van der Waals surface area contributed by atoms with Gasteiger partial charge in [0.1, 0.15) is 5.75 Å². The molecule has 0 unspecified atom stereocenters. The number of rotatable bonds is 8. The second-order valence-corrected chi connectivity index (χ2v) is 6.73. The predicted molar refractivity (Wildman–Crippen MR) is 98.1 cm³/mol. The summed E-state index contributed by atoms with van der Waals surface area (Å²) in [5.41, 5.74) is 4.79. The lowest BCUT2D eigenvalue weighted by molar-refractivity contribution is 0.177. The molecule has 4 heteroatoms. The Morgan fingerprint density at radius 1 is 1.17 bits per heavy atom. The van der Waals surface area contributed by atoms with Crippen molar-refractivity contribution in [2.24, 2.45) is 0 Å². The average molecular weight is 344 g/mol. The van der Waals surface area contributed by atoms with Gasteiger partial charge in [-0.05, 0) is 35.6 Å². The Hall–Kier alpha value is -1.84. The van der Waals surface area contributed by atoms with E-state index < -0.39 is 12.2 Å². The molecule has 2 rings (SSSR count). The highest BCUT2D eigenvalue weighted by atomic mass is 32.1. The molecule has 0 aliphatic heterocycles. The topological polar surface area (TPSA) is 60.7 Å². The van der Waals surface area contributed by atoms with Gasteiger partial charge in [-0.2, -0.15) is 0 Å². The summed E-state index contributed by atoms with van der Waals surface area (Å²) in [4.78, 5) is 0.958. The van der Waals surface area contributed by atoms with Gasteiger partial charge in [0, 0.05) is 23.3 Å². The van der Waals surface area contributed by atoms with Crippen LogP contribution in [-0.2, 0) is 0 Å². The molecule has 0 saturated carbocycles. The van der Waals surface area contributed by atoms with Gasteiger partial charge in [-0.15, -0.1) is 17.1 Å². The zero-order valence-electron chi connectivity index (χ0n) is 13.9. The maximum atomic E-state index is 10.3. The van der Waals surface area contributed by atoms with Crippen LogP contribution >= 0.6 is 11.3 Å². The van der Waals surface area contributed by atoms with Crippen molar-refractivity contribution in [2.45, 2.75) is 44.8 Å². The first-order chi connectivity index (χ1) is 11.6. The highest BCUT2D eigenvalue weighted by Gasteiger charge is 2.12. The van der Waals surface area contributed by atoms with Crippen molar-refractivity contribution >= 4 is 11.3 Å². The Labute approximate surface area is 147 Å². The third-order valence-corrected chi connectivity index (χ3v) is 4.78. The third-order valence-electron chi connectivity index (χ3n) is 3.81. The van der Waals surface area contributed by atoms with Gasteiger partial charge in [-0.3, -0.25) is 0 Å². The molecule has 0 aliphatic carbocycles. The van der Waals surface area contributed by atoms with Gasteiger partial charge in [0.2, 0.25) is 0 Å². The summed E-state index contributed by atoms with van der Waals surface area (Å²) in [5, 5.41) is 32.2. The first-order valence-corrected chi connectivity index (χ1v) is 9.10. The number of phenols is 1. The Bertz CT molecular complexity index is 685. The van der Waals surface area contributed by atoms with Crippen LogP contribution in [0.2, 0.25) is 0 Å². The molecular weight excluding hydrogens is 320 g/mol. The summed E-state index contributed by atoms with van der Waals surface area (Å²) < 4.78 is 0. The number of para-hydroxylation sites is 1. The summed E-state index contributed by atoms with van der Waals surface area (Å²) in [6, 6.07) is 10.7. The molecule has 3 nitrogen and oxygen atoms in total. The molecular formula is C20H24O3S.